The molecular weight excluding hydrogens is 342 g/mol. The molecule has 3 rings (SSSR count). The van der Waals surface area contributed by atoms with Crippen LogP contribution in [0.3, 0.4) is 0 Å². The van der Waals surface area contributed by atoms with Crippen LogP contribution < -0.4 is 24.3 Å². The molecule has 1 atom stereocenters. The highest BCUT2D eigenvalue weighted by Crippen LogP contribution is 2.36. The van der Waals surface area contributed by atoms with Crippen LogP contribution >= 0.6 is 11.6 Å². The fourth-order valence-electron chi connectivity index (χ4n) is 3.02. The van der Waals surface area contributed by atoms with Crippen LogP contribution in [0.4, 0.5) is 0 Å². The smallest absolute Gasteiger partial charge is 0.179 e. The summed E-state index contributed by atoms with van der Waals surface area (Å²) in [5.74, 6) is 2.80. The molecule has 0 bridgehead atoms. The molecule has 0 aliphatic carbocycles. The molecule has 5 nitrogen and oxygen atoms in total. The van der Waals surface area contributed by atoms with Gasteiger partial charge < -0.3 is 24.3 Å². The monoisotopic (exact) mass is 363 g/mol. The second kappa shape index (κ2) is 7.85. The Morgan fingerprint density at radius 1 is 1.12 bits per heavy atom. The van der Waals surface area contributed by atoms with E-state index >= 15 is 0 Å². The Kier molecular flexibility index (Phi) is 5.56. The molecule has 25 heavy (non-hydrogen) atoms. The van der Waals surface area contributed by atoms with Gasteiger partial charge in [0, 0.05) is 12.6 Å². The summed E-state index contributed by atoms with van der Waals surface area (Å²) in [7, 11) is 4.83. The molecule has 2 aromatic carbocycles. The maximum absolute atomic E-state index is 6.26. The molecule has 0 unspecified atom stereocenters. The standard InChI is InChI=1S/C19H22ClNO4/c1-22-16-6-4-5-13-9-14(11-25-18(13)16)21-10-12-7-15(20)19(24-3)17(8-12)23-2/h4-8,14,21H,9-11H2,1-3H3/t14-/m1/s1. The molecule has 134 valence electrons. The molecule has 6 heteroatoms. The van der Waals surface area contributed by atoms with E-state index in [0.717, 1.165) is 29.0 Å². The van der Waals surface area contributed by atoms with Crippen LogP contribution in [-0.4, -0.2) is 34.0 Å². The summed E-state index contributed by atoms with van der Waals surface area (Å²) in [4.78, 5) is 0. The molecule has 0 fully saturated rings. The molecule has 0 spiro atoms. The van der Waals surface area contributed by atoms with Gasteiger partial charge >= 0.3 is 0 Å². The van der Waals surface area contributed by atoms with E-state index in [2.05, 4.69) is 11.4 Å². The van der Waals surface area contributed by atoms with E-state index in [1.165, 1.54) is 0 Å². The zero-order chi connectivity index (χ0) is 17.8. The van der Waals surface area contributed by atoms with Crippen molar-refractivity contribution in [1.82, 2.24) is 5.32 Å². The second-order valence-electron chi connectivity index (χ2n) is 5.85. The summed E-state index contributed by atoms with van der Waals surface area (Å²) in [6.07, 6.45) is 0.882. The second-order valence-corrected chi connectivity index (χ2v) is 6.26. The zero-order valence-electron chi connectivity index (χ0n) is 14.6. The third kappa shape index (κ3) is 3.78. The van der Waals surface area contributed by atoms with Crippen molar-refractivity contribution in [3.05, 3.63) is 46.5 Å². The highest BCUT2D eigenvalue weighted by molar-refractivity contribution is 6.32. The maximum atomic E-state index is 6.26. The molecule has 1 N–H and O–H groups in total. The number of ether oxygens (including phenoxy) is 4. The van der Waals surface area contributed by atoms with E-state index in [1.54, 1.807) is 21.3 Å². The Labute approximate surface area is 152 Å². The minimum absolute atomic E-state index is 0.214. The van der Waals surface area contributed by atoms with Gasteiger partial charge in [-0.05, 0) is 35.7 Å². The number of benzene rings is 2. The summed E-state index contributed by atoms with van der Waals surface area (Å²) < 4.78 is 21.9. The first-order chi connectivity index (χ1) is 12.2. The largest absolute Gasteiger partial charge is 0.493 e. The number of nitrogens with one attached hydrogen (secondary N) is 1. The van der Waals surface area contributed by atoms with Crippen LogP contribution in [-0.2, 0) is 13.0 Å². The number of hydrogen-bond acceptors (Lipinski definition) is 5. The van der Waals surface area contributed by atoms with Crippen LogP contribution in [0.2, 0.25) is 5.02 Å². The first-order valence-electron chi connectivity index (χ1n) is 8.08. The van der Waals surface area contributed by atoms with Crippen molar-refractivity contribution in [1.29, 1.82) is 0 Å². The fraction of sp³-hybridized carbons (Fsp3) is 0.368. The van der Waals surface area contributed by atoms with Gasteiger partial charge in [-0.25, -0.2) is 0 Å². The number of halogens is 1. The molecule has 0 saturated heterocycles. The van der Waals surface area contributed by atoms with Gasteiger partial charge in [0.2, 0.25) is 0 Å². The van der Waals surface area contributed by atoms with Gasteiger partial charge in [-0.1, -0.05) is 23.7 Å². The number of rotatable bonds is 6. The average molecular weight is 364 g/mol. The lowest BCUT2D eigenvalue weighted by Gasteiger charge is -2.27. The zero-order valence-corrected chi connectivity index (χ0v) is 15.4. The van der Waals surface area contributed by atoms with Gasteiger partial charge in [0.25, 0.3) is 0 Å². The van der Waals surface area contributed by atoms with Crippen molar-refractivity contribution in [3.8, 4) is 23.0 Å². The third-order valence-electron chi connectivity index (χ3n) is 4.26. The van der Waals surface area contributed by atoms with E-state index in [9.17, 15) is 0 Å². The lowest BCUT2D eigenvalue weighted by molar-refractivity contribution is 0.226. The minimum Gasteiger partial charge on any atom is -0.493 e. The minimum atomic E-state index is 0.214. The van der Waals surface area contributed by atoms with Gasteiger partial charge in [0.15, 0.2) is 23.0 Å². The maximum Gasteiger partial charge on any atom is 0.179 e. The summed E-state index contributed by atoms with van der Waals surface area (Å²) in [6.45, 7) is 1.25. The van der Waals surface area contributed by atoms with Crippen molar-refractivity contribution >= 4 is 11.6 Å². The summed E-state index contributed by atoms with van der Waals surface area (Å²) in [6, 6.07) is 10.00. The number of hydrogen-bond donors (Lipinski definition) is 1. The Morgan fingerprint density at radius 3 is 2.64 bits per heavy atom. The van der Waals surface area contributed by atoms with E-state index in [0.29, 0.717) is 29.7 Å². The van der Waals surface area contributed by atoms with Crippen LogP contribution in [0.25, 0.3) is 0 Å². The highest BCUT2D eigenvalue weighted by Gasteiger charge is 2.22. The van der Waals surface area contributed by atoms with Gasteiger partial charge in [-0.2, -0.15) is 0 Å². The molecule has 0 amide bonds. The Bertz CT molecular complexity index is 750. The van der Waals surface area contributed by atoms with Crippen molar-refractivity contribution in [2.45, 2.75) is 19.0 Å². The third-order valence-corrected chi connectivity index (χ3v) is 4.54. The van der Waals surface area contributed by atoms with Gasteiger partial charge in [-0.15, -0.1) is 0 Å². The van der Waals surface area contributed by atoms with Crippen LogP contribution in [0, 0.1) is 0 Å². The number of para-hydroxylation sites is 1. The lowest BCUT2D eigenvalue weighted by atomic mass is 10.0. The molecule has 0 aromatic heterocycles. The molecule has 0 radical (unpaired) electrons. The SMILES string of the molecule is COc1cc(CN[C@H]2COc3c(cccc3OC)C2)cc(Cl)c1OC. The van der Waals surface area contributed by atoms with E-state index in [4.69, 9.17) is 30.5 Å². The van der Waals surface area contributed by atoms with Gasteiger partial charge in [-0.3, -0.25) is 0 Å². The van der Waals surface area contributed by atoms with E-state index in [1.807, 2.05) is 24.3 Å². The predicted octanol–water partition coefficient (Wildman–Crippen LogP) is 3.46. The van der Waals surface area contributed by atoms with Crippen molar-refractivity contribution in [3.63, 3.8) is 0 Å². The van der Waals surface area contributed by atoms with Crippen LogP contribution in [0.1, 0.15) is 11.1 Å². The summed E-state index contributed by atoms with van der Waals surface area (Å²) in [5.41, 5.74) is 2.17. The van der Waals surface area contributed by atoms with Crippen molar-refractivity contribution in [2.75, 3.05) is 27.9 Å². The predicted molar refractivity (Wildman–Crippen MR) is 97.4 cm³/mol. The van der Waals surface area contributed by atoms with Crippen molar-refractivity contribution < 1.29 is 18.9 Å². The van der Waals surface area contributed by atoms with Gasteiger partial charge in [0.1, 0.15) is 6.61 Å². The fourth-order valence-corrected chi connectivity index (χ4v) is 3.33. The first-order valence-corrected chi connectivity index (χ1v) is 8.46. The van der Waals surface area contributed by atoms with E-state index < -0.39 is 0 Å². The number of methoxy groups -OCH3 is 3. The number of fused-ring (bicyclic) bond motifs is 1. The molecular formula is C19H22ClNO4. The highest BCUT2D eigenvalue weighted by atomic mass is 35.5. The van der Waals surface area contributed by atoms with Gasteiger partial charge in [0.05, 0.1) is 26.4 Å². The average Bonchev–Trinajstić information content (AvgIpc) is 2.65. The van der Waals surface area contributed by atoms with Crippen molar-refractivity contribution in [2.24, 2.45) is 0 Å². The van der Waals surface area contributed by atoms with Crippen LogP contribution in [0.5, 0.6) is 23.0 Å². The lowest BCUT2D eigenvalue weighted by Crippen LogP contribution is -2.38. The van der Waals surface area contributed by atoms with Crippen LogP contribution in [0.15, 0.2) is 30.3 Å². The summed E-state index contributed by atoms with van der Waals surface area (Å²) >= 11 is 6.26. The first kappa shape index (κ1) is 17.7. The molecule has 1 aliphatic heterocycles. The normalized spacial score (nSPS) is 15.9. The Morgan fingerprint density at radius 2 is 1.92 bits per heavy atom. The topological polar surface area (TPSA) is 49.0 Å². The molecule has 2 aromatic rings. The molecule has 1 aliphatic rings. The van der Waals surface area contributed by atoms with E-state index in [-0.39, 0.29) is 6.04 Å². The Balaban J connectivity index is 1.68. The quantitative estimate of drug-likeness (QED) is 0.851. The molecule has 1 heterocycles. The summed E-state index contributed by atoms with van der Waals surface area (Å²) in [5, 5.41) is 4.05. The molecule has 0 saturated carbocycles. The Hall–Kier alpha value is -2.11.